The molecule has 0 aliphatic heterocycles. The third-order valence-corrected chi connectivity index (χ3v) is 3.34. The molecule has 1 N–H and O–H groups in total. The van der Waals surface area contributed by atoms with E-state index in [0.717, 1.165) is 16.7 Å². The quantitative estimate of drug-likeness (QED) is 0.905. The van der Waals surface area contributed by atoms with Gasteiger partial charge in [-0.05, 0) is 25.1 Å². The zero-order chi connectivity index (χ0) is 14.5. The second-order valence-corrected chi connectivity index (χ2v) is 5.05. The van der Waals surface area contributed by atoms with Crippen molar-refractivity contribution in [1.82, 2.24) is 4.90 Å². The van der Waals surface area contributed by atoms with Crippen LogP contribution in [0.25, 0.3) is 0 Å². The summed E-state index contributed by atoms with van der Waals surface area (Å²) in [6.45, 7) is 2.60. The van der Waals surface area contributed by atoms with Crippen molar-refractivity contribution in [3.05, 3.63) is 71.3 Å². The van der Waals surface area contributed by atoms with Gasteiger partial charge in [-0.1, -0.05) is 60.2 Å². The van der Waals surface area contributed by atoms with Crippen LogP contribution in [-0.2, 0) is 11.3 Å². The van der Waals surface area contributed by atoms with Crippen molar-refractivity contribution in [1.29, 1.82) is 0 Å². The number of nitrogens with zero attached hydrogens (tertiary/aromatic N) is 1. The molecule has 2 aromatic carbocycles. The lowest BCUT2D eigenvalue weighted by Crippen LogP contribution is -2.30. The van der Waals surface area contributed by atoms with Gasteiger partial charge in [0.25, 0.3) is 0 Å². The van der Waals surface area contributed by atoms with E-state index in [2.05, 4.69) is 0 Å². The van der Waals surface area contributed by atoms with Gasteiger partial charge in [0, 0.05) is 6.54 Å². The Labute approximate surface area is 119 Å². The predicted octanol–water partition coefficient (Wildman–Crippen LogP) is 3.25. The number of hydrogen-bond donors (Lipinski definition) is 1. The fourth-order valence-electron chi connectivity index (χ4n) is 2.30. The molecule has 2 aromatic rings. The molecule has 0 bridgehead atoms. The summed E-state index contributed by atoms with van der Waals surface area (Å²) in [6.07, 6.45) is 0. The molecule has 0 aliphatic rings. The Balaban J connectivity index is 2.20. The Morgan fingerprint density at radius 2 is 1.70 bits per heavy atom. The monoisotopic (exact) mass is 269 g/mol. The number of hydrogen-bond acceptors (Lipinski definition) is 2. The largest absolute Gasteiger partial charge is 0.480 e. The molecule has 0 unspecified atom stereocenters. The van der Waals surface area contributed by atoms with Crippen LogP contribution in [0.3, 0.4) is 0 Å². The van der Waals surface area contributed by atoms with E-state index in [1.807, 2.05) is 73.5 Å². The summed E-state index contributed by atoms with van der Waals surface area (Å²) in [4.78, 5) is 13.4. The standard InChI is InChI=1S/C17H19NO2/c1-13-8-10-15(11-9-13)16(17(19)20)18(2)12-14-6-4-3-5-7-14/h3-11,16H,12H2,1-2H3,(H,19,20)/t16-/m0/s1. The molecular formula is C17H19NO2. The molecule has 0 heterocycles. The number of benzene rings is 2. The van der Waals surface area contributed by atoms with Crippen LogP contribution >= 0.6 is 0 Å². The minimum absolute atomic E-state index is 0.603. The van der Waals surface area contributed by atoms with Crippen molar-refractivity contribution in [2.24, 2.45) is 0 Å². The van der Waals surface area contributed by atoms with Gasteiger partial charge in [0.15, 0.2) is 0 Å². The van der Waals surface area contributed by atoms with Crippen molar-refractivity contribution in [3.63, 3.8) is 0 Å². The molecule has 0 saturated heterocycles. The highest BCUT2D eigenvalue weighted by Crippen LogP contribution is 2.22. The summed E-state index contributed by atoms with van der Waals surface area (Å²) in [6, 6.07) is 16.9. The smallest absolute Gasteiger partial charge is 0.325 e. The maximum absolute atomic E-state index is 11.6. The van der Waals surface area contributed by atoms with Gasteiger partial charge in [0.05, 0.1) is 0 Å². The highest BCUT2D eigenvalue weighted by Gasteiger charge is 2.24. The normalized spacial score (nSPS) is 12.3. The average molecular weight is 269 g/mol. The Hall–Kier alpha value is -2.13. The Morgan fingerprint density at radius 3 is 2.25 bits per heavy atom. The number of aliphatic carboxylic acids is 1. The SMILES string of the molecule is Cc1ccc([C@@H](C(=O)O)N(C)Cc2ccccc2)cc1. The van der Waals surface area contributed by atoms with E-state index in [-0.39, 0.29) is 0 Å². The van der Waals surface area contributed by atoms with E-state index in [1.54, 1.807) is 0 Å². The molecule has 0 amide bonds. The van der Waals surface area contributed by atoms with Crippen molar-refractivity contribution >= 4 is 5.97 Å². The lowest BCUT2D eigenvalue weighted by Gasteiger charge is -2.25. The number of carboxylic acids is 1. The van der Waals surface area contributed by atoms with Gasteiger partial charge in [0.2, 0.25) is 0 Å². The lowest BCUT2D eigenvalue weighted by atomic mass is 10.0. The van der Waals surface area contributed by atoms with Crippen LogP contribution in [0.4, 0.5) is 0 Å². The summed E-state index contributed by atoms with van der Waals surface area (Å²) in [5.74, 6) is -0.827. The van der Waals surface area contributed by atoms with Gasteiger partial charge in [-0.15, -0.1) is 0 Å². The summed E-state index contributed by atoms with van der Waals surface area (Å²) >= 11 is 0. The maximum Gasteiger partial charge on any atom is 0.325 e. The van der Waals surface area contributed by atoms with Gasteiger partial charge in [-0.3, -0.25) is 9.69 Å². The molecule has 3 heteroatoms. The molecule has 0 radical (unpaired) electrons. The van der Waals surface area contributed by atoms with Crippen LogP contribution in [-0.4, -0.2) is 23.0 Å². The van der Waals surface area contributed by atoms with Gasteiger partial charge >= 0.3 is 5.97 Å². The first kappa shape index (κ1) is 14.3. The third-order valence-electron chi connectivity index (χ3n) is 3.34. The molecular weight excluding hydrogens is 250 g/mol. The Kier molecular flexibility index (Phi) is 4.53. The van der Waals surface area contributed by atoms with Crippen LogP contribution in [0.2, 0.25) is 0 Å². The molecule has 0 saturated carbocycles. The first-order chi connectivity index (χ1) is 9.58. The molecule has 0 fully saturated rings. The van der Waals surface area contributed by atoms with Crippen molar-refractivity contribution in [3.8, 4) is 0 Å². The predicted molar refractivity (Wildman–Crippen MR) is 79.5 cm³/mol. The number of carboxylic acid groups (broad SMARTS) is 1. The molecule has 0 aliphatic carbocycles. The van der Waals surface area contributed by atoms with Crippen molar-refractivity contribution in [2.45, 2.75) is 19.5 Å². The maximum atomic E-state index is 11.6. The summed E-state index contributed by atoms with van der Waals surface area (Å²) in [7, 11) is 1.84. The second-order valence-electron chi connectivity index (χ2n) is 5.05. The van der Waals surface area contributed by atoms with Crippen molar-refractivity contribution in [2.75, 3.05) is 7.05 Å². The summed E-state index contributed by atoms with van der Waals surface area (Å²) < 4.78 is 0. The van der Waals surface area contributed by atoms with Gasteiger partial charge < -0.3 is 5.11 Å². The van der Waals surface area contributed by atoms with Crippen molar-refractivity contribution < 1.29 is 9.90 Å². The Bertz CT molecular complexity index is 563. The molecule has 20 heavy (non-hydrogen) atoms. The van der Waals surface area contributed by atoms with E-state index < -0.39 is 12.0 Å². The summed E-state index contributed by atoms with van der Waals surface area (Å²) in [5.41, 5.74) is 3.04. The number of carbonyl (C=O) groups is 1. The fraction of sp³-hybridized carbons (Fsp3) is 0.235. The highest BCUT2D eigenvalue weighted by molar-refractivity contribution is 5.75. The first-order valence-electron chi connectivity index (χ1n) is 6.61. The average Bonchev–Trinajstić information content (AvgIpc) is 2.42. The topological polar surface area (TPSA) is 40.5 Å². The van der Waals surface area contributed by atoms with E-state index >= 15 is 0 Å². The lowest BCUT2D eigenvalue weighted by molar-refractivity contribution is -0.143. The number of likely N-dealkylation sites (N-methyl/N-ethyl adjacent to an activating group) is 1. The van der Waals surface area contributed by atoms with Crippen LogP contribution in [0.5, 0.6) is 0 Å². The fourth-order valence-corrected chi connectivity index (χ4v) is 2.30. The molecule has 0 spiro atoms. The van der Waals surface area contributed by atoms with Gasteiger partial charge in [-0.2, -0.15) is 0 Å². The molecule has 104 valence electrons. The molecule has 0 aromatic heterocycles. The molecule has 2 rings (SSSR count). The second kappa shape index (κ2) is 6.35. The minimum atomic E-state index is -0.827. The van der Waals surface area contributed by atoms with Gasteiger partial charge in [-0.25, -0.2) is 0 Å². The van der Waals surface area contributed by atoms with Crippen LogP contribution < -0.4 is 0 Å². The minimum Gasteiger partial charge on any atom is -0.480 e. The van der Waals surface area contributed by atoms with E-state index in [0.29, 0.717) is 6.54 Å². The van der Waals surface area contributed by atoms with Gasteiger partial charge in [0.1, 0.15) is 6.04 Å². The Morgan fingerprint density at radius 1 is 1.10 bits per heavy atom. The zero-order valence-corrected chi connectivity index (χ0v) is 11.8. The number of aryl methyl sites for hydroxylation is 1. The molecule has 3 nitrogen and oxygen atoms in total. The summed E-state index contributed by atoms with van der Waals surface area (Å²) in [5, 5.41) is 9.50. The van der Waals surface area contributed by atoms with E-state index in [1.165, 1.54) is 0 Å². The first-order valence-corrected chi connectivity index (χ1v) is 6.61. The molecule has 1 atom stereocenters. The van der Waals surface area contributed by atoms with E-state index in [9.17, 15) is 9.90 Å². The number of rotatable bonds is 5. The zero-order valence-electron chi connectivity index (χ0n) is 11.8. The van der Waals surface area contributed by atoms with Crippen LogP contribution in [0.1, 0.15) is 22.7 Å². The van der Waals surface area contributed by atoms with E-state index in [4.69, 9.17) is 0 Å². The van der Waals surface area contributed by atoms with Crippen LogP contribution in [0.15, 0.2) is 54.6 Å². The third kappa shape index (κ3) is 3.45. The highest BCUT2D eigenvalue weighted by atomic mass is 16.4. The van der Waals surface area contributed by atoms with Crippen LogP contribution in [0, 0.1) is 6.92 Å².